The quantitative estimate of drug-likeness (QED) is 0.603. The molecule has 1 aliphatic rings. The van der Waals surface area contributed by atoms with Gasteiger partial charge in [0.15, 0.2) is 0 Å². The number of halogens is 1. The molecule has 2 amide bonds. The second-order valence-corrected chi connectivity index (χ2v) is 7.78. The van der Waals surface area contributed by atoms with E-state index in [2.05, 4.69) is 10.4 Å². The third kappa shape index (κ3) is 5.18. The molecular weight excluding hydrogens is 423 g/mol. The molecule has 170 valence electrons. The van der Waals surface area contributed by atoms with Crippen LogP contribution in [0.5, 0.6) is 0 Å². The molecule has 0 radical (unpaired) electrons. The standard InChI is InChI=1S/C25H25FN4O3/c1-17-23(18(2)30(28-17)22-9-5-20(26)6-10-22)11-12-24(31)27-21-7-3-19(4-8-21)25(32)29-13-15-33-16-14-29/h3-12H,13-16H2,1-2H3,(H,27,31)/b12-11+. The molecular formula is C25H25FN4O3. The number of aromatic nitrogens is 2. The van der Waals surface area contributed by atoms with Crippen molar-refractivity contribution in [1.82, 2.24) is 14.7 Å². The zero-order valence-electron chi connectivity index (χ0n) is 18.5. The molecule has 1 saturated heterocycles. The predicted molar refractivity (Wildman–Crippen MR) is 124 cm³/mol. The number of benzene rings is 2. The number of ether oxygens (including phenoxy) is 1. The van der Waals surface area contributed by atoms with Gasteiger partial charge in [-0.05, 0) is 68.5 Å². The van der Waals surface area contributed by atoms with E-state index in [4.69, 9.17) is 4.74 Å². The van der Waals surface area contributed by atoms with E-state index in [9.17, 15) is 14.0 Å². The first-order valence-corrected chi connectivity index (χ1v) is 10.7. The largest absolute Gasteiger partial charge is 0.378 e. The summed E-state index contributed by atoms with van der Waals surface area (Å²) in [6.45, 7) is 6.01. The molecule has 2 aromatic carbocycles. The topological polar surface area (TPSA) is 76.5 Å². The number of carbonyl (C=O) groups excluding carboxylic acids is 2. The lowest BCUT2D eigenvalue weighted by Crippen LogP contribution is -2.40. The molecule has 0 unspecified atom stereocenters. The van der Waals surface area contributed by atoms with Gasteiger partial charge in [-0.2, -0.15) is 5.10 Å². The van der Waals surface area contributed by atoms with Crippen LogP contribution in [0.25, 0.3) is 11.8 Å². The van der Waals surface area contributed by atoms with E-state index in [1.165, 1.54) is 18.2 Å². The lowest BCUT2D eigenvalue weighted by molar-refractivity contribution is -0.111. The average Bonchev–Trinajstić information content (AvgIpc) is 3.12. The number of hydrogen-bond donors (Lipinski definition) is 1. The Hall–Kier alpha value is -3.78. The summed E-state index contributed by atoms with van der Waals surface area (Å²) in [5.41, 5.74) is 4.33. The van der Waals surface area contributed by atoms with Crippen LogP contribution in [0.2, 0.25) is 0 Å². The fourth-order valence-electron chi connectivity index (χ4n) is 3.72. The van der Waals surface area contributed by atoms with Crippen molar-refractivity contribution in [2.24, 2.45) is 0 Å². The molecule has 1 fully saturated rings. The molecule has 1 aliphatic heterocycles. The summed E-state index contributed by atoms with van der Waals surface area (Å²) in [4.78, 5) is 26.7. The first-order chi connectivity index (χ1) is 15.9. The molecule has 1 aromatic heterocycles. The minimum absolute atomic E-state index is 0.0415. The Bertz CT molecular complexity index is 1180. The van der Waals surface area contributed by atoms with Crippen LogP contribution in [-0.4, -0.2) is 52.8 Å². The van der Waals surface area contributed by atoms with Crippen LogP contribution in [0.3, 0.4) is 0 Å². The van der Waals surface area contributed by atoms with Crippen LogP contribution in [0.1, 0.15) is 27.3 Å². The number of hydrogen-bond acceptors (Lipinski definition) is 4. The molecule has 4 rings (SSSR count). The van der Waals surface area contributed by atoms with Crippen LogP contribution in [0.15, 0.2) is 54.6 Å². The number of rotatable bonds is 5. The first-order valence-electron chi connectivity index (χ1n) is 10.7. The third-order valence-corrected chi connectivity index (χ3v) is 5.52. The fourth-order valence-corrected chi connectivity index (χ4v) is 3.72. The summed E-state index contributed by atoms with van der Waals surface area (Å²) in [6, 6.07) is 12.9. The average molecular weight is 448 g/mol. The molecule has 33 heavy (non-hydrogen) atoms. The number of nitrogens with zero attached hydrogens (tertiary/aromatic N) is 3. The maximum atomic E-state index is 13.2. The van der Waals surface area contributed by atoms with Crippen molar-refractivity contribution in [2.45, 2.75) is 13.8 Å². The van der Waals surface area contributed by atoms with E-state index >= 15 is 0 Å². The molecule has 0 spiro atoms. The van der Waals surface area contributed by atoms with Crippen LogP contribution in [0, 0.1) is 19.7 Å². The van der Waals surface area contributed by atoms with E-state index < -0.39 is 0 Å². The van der Waals surface area contributed by atoms with E-state index in [1.807, 2.05) is 13.8 Å². The van der Waals surface area contributed by atoms with Crippen molar-refractivity contribution in [3.8, 4) is 5.69 Å². The predicted octanol–water partition coefficient (Wildman–Crippen LogP) is 3.75. The molecule has 0 saturated carbocycles. The van der Waals surface area contributed by atoms with Gasteiger partial charge in [0.1, 0.15) is 5.82 Å². The molecule has 0 aliphatic carbocycles. The highest BCUT2D eigenvalue weighted by atomic mass is 19.1. The Balaban J connectivity index is 1.41. The monoisotopic (exact) mass is 448 g/mol. The highest BCUT2D eigenvalue weighted by Crippen LogP contribution is 2.20. The van der Waals surface area contributed by atoms with Crippen LogP contribution < -0.4 is 5.32 Å². The lowest BCUT2D eigenvalue weighted by Gasteiger charge is -2.26. The zero-order valence-corrected chi connectivity index (χ0v) is 18.5. The first kappa shape index (κ1) is 22.4. The molecule has 3 aromatic rings. The third-order valence-electron chi connectivity index (χ3n) is 5.52. The summed E-state index contributed by atoms with van der Waals surface area (Å²) in [5.74, 6) is -0.647. The Labute approximate surface area is 191 Å². The van der Waals surface area contributed by atoms with Crippen LogP contribution in [0.4, 0.5) is 10.1 Å². The number of carbonyl (C=O) groups is 2. The second-order valence-electron chi connectivity index (χ2n) is 7.78. The lowest BCUT2D eigenvalue weighted by atomic mass is 10.1. The SMILES string of the molecule is Cc1nn(-c2ccc(F)cc2)c(C)c1/C=C/C(=O)Nc1ccc(C(=O)N2CCOCC2)cc1. The van der Waals surface area contributed by atoms with Crippen molar-refractivity contribution in [3.05, 3.63) is 82.9 Å². The molecule has 7 nitrogen and oxygen atoms in total. The van der Waals surface area contributed by atoms with Gasteiger partial charge in [-0.3, -0.25) is 9.59 Å². The summed E-state index contributed by atoms with van der Waals surface area (Å²) in [5, 5.41) is 7.31. The highest BCUT2D eigenvalue weighted by Gasteiger charge is 2.18. The Morgan fingerprint density at radius 1 is 1.03 bits per heavy atom. The van der Waals surface area contributed by atoms with Gasteiger partial charge in [0, 0.05) is 41.7 Å². The number of amides is 2. The normalized spacial score (nSPS) is 14.0. The Morgan fingerprint density at radius 2 is 1.70 bits per heavy atom. The van der Waals surface area contributed by atoms with E-state index in [0.717, 1.165) is 22.6 Å². The van der Waals surface area contributed by atoms with Gasteiger partial charge in [-0.1, -0.05) is 0 Å². The summed E-state index contributed by atoms with van der Waals surface area (Å²) >= 11 is 0. The molecule has 8 heteroatoms. The summed E-state index contributed by atoms with van der Waals surface area (Å²) in [7, 11) is 0. The van der Waals surface area contributed by atoms with Crippen LogP contribution >= 0.6 is 0 Å². The molecule has 0 bridgehead atoms. The minimum Gasteiger partial charge on any atom is -0.378 e. The van der Waals surface area contributed by atoms with Gasteiger partial charge in [0.2, 0.25) is 5.91 Å². The van der Waals surface area contributed by atoms with Gasteiger partial charge in [0.25, 0.3) is 5.91 Å². The van der Waals surface area contributed by atoms with E-state index in [1.54, 1.807) is 52.1 Å². The number of anilines is 1. The zero-order chi connectivity index (χ0) is 23.4. The minimum atomic E-state index is -0.310. The van der Waals surface area contributed by atoms with Crippen molar-refractivity contribution in [2.75, 3.05) is 31.6 Å². The van der Waals surface area contributed by atoms with Crippen LogP contribution in [-0.2, 0) is 9.53 Å². The van der Waals surface area contributed by atoms with Crippen molar-refractivity contribution >= 4 is 23.6 Å². The number of morpholine rings is 1. The van der Waals surface area contributed by atoms with E-state index in [-0.39, 0.29) is 17.6 Å². The highest BCUT2D eigenvalue weighted by molar-refractivity contribution is 6.02. The van der Waals surface area contributed by atoms with Gasteiger partial charge < -0.3 is 15.0 Å². The maximum absolute atomic E-state index is 13.2. The smallest absolute Gasteiger partial charge is 0.254 e. The van der Waals surface area contributed by atoms with Gasteiger partial charge in [0.05, 0.1) is 24.6 Å². The molecule has 2 heterocycles. The van der Waals surface area contributed by atoms with Crippen molar-refractivity contribution in [1.29, 1.82) is 0 Å². The van der Waals surface area contributed by atoms with Gasteiger partial charge >= 0.3 is 0 Å². The Morgan fingerprint density at radius 3 is 2.36 bits per heavy atom. The van der Waals surface area contributed by atoms with Crippen molar-refractivity contribution in [3.63, 3.8) is 0 Å². The summed E-state index contributed by atoms with van der Waals surface area (Å²) in [6.07, 6.45) is 3.15. The number of nitrogens with one attached hydrogen (secondary N) is 1. The maximum Gasteiger partial charge on any atom is 0.254 e. The second kappa shape index (κ2) is 9.79. The molecule has 0 atom stereocenters. The summed E-state index contributed by atoms with van der Waals surface area (Å²) < 4.78 is 20.2. The van der Waals surface area contributed by atoms with Gasteiger partial charge in [-0.15, -0.1) is 0 Å². The molecule has 1 N–H and O–H groups in total. The van der Waals surface area contributed by atoms with E-state index in [0.29, 0.717) is 37.6 Å². The van der Waals surface area contributed by atoms with Crippen molar-refractivity contribution < 1.29 is 18.7 Å². The fraction of sp³-hybridized carbons (Fsp3) is 0.240. The Kier molecular flexibility index (Phi) is 6.65. The number of aryl methyl sites for hydroxylation is 1. The van der Waals surface area contributed by atoms with Gasteiger partial charge in [-0.25, -0.2) is 9.07 Å².